The van der Waals surface area contributed by atoms with Crippen LogP contribution in [0.4, 0.5) is 0 Å². The van der Waals surface area contributed by atoms with Gasteiger partial charge in [-0.25, -0.2) is 0 Å². The second kappa shape index (κ2) is 3.92. The van der Waals surface area contributed by atoms with Crippen molar-refractivity contribution in [2.75, 3.05) is 0 Å². The zero-order valence-corrected chi connectivity index (χ0v) is 10.2. The molecular weight excluding hydrogens is 198 g/mol. The fourth-order valence-electron chi connectivity index (χ4n) is 2.43. The molecule has 0 aromatic carbocycles. The molecule has 2 fully saturated rings. The molecule has 2 saturated carbocycles. The average Bonchev–Trinajstić information content (AvgIpc) is 3.17. The van der Waals surface area contributed by atoms with Crippen LogP contribution in [-0.2, 0) is 6.54 Å². The van der Waals surface area contributed by atoms with Gasteiger partial charge in [-0.1, -0.05) is 6.92 Å². The van der Waals surface area contributed by atoms with Crippen LogP contribution in [0, 0.1) is 11.8 Å². The van der Waals surface area contributed by atoms with E-state index in [1.54, 1.807) is 0 Å². The smallest absolute Gasteiger partial charge is 0.117 e. The van der Waals surface area contributed by atoms with Gasteiger partial charge >= 0.3 is 0 Å². The Hall–Kier alpha value is -0.760. The Morgan fingerprint density at radius 3 is 2.81 bits per heavy atom. The molecule has 2 nitrogen and oxygen atoms in total. The van der Waals surface area contributed by atoms with Crippen LogP contribution in [0.15, 0.2) is 16.5 Å². The third-order valence-corrected chi connectivity index (χ3v) is 4.08. The van der Waals surface area contributed by atoms with Gasteiger partial charge in [0.15, 0.2) is 0 Å². The molecule has 3 rings (SSSR count). The molecule has 3 unspecified atom stereocenters. The highest BCUT2D eigenvalue weighted by molar-refractivity contribution is 5.17. The quantitative estimate of drug-likeness (QED) is 0.822. The Morgan fingerprint density at radius 2 is 2.19 bits per heavy atom. The molecule has 1 heterocycles. The first-order valence-electron chi connectivity index (χ1n) is 6.56. The monoisotopic (exact) mass is 219 g/mol. The standard InChI is InChI=1S/C14H21NO/c1-9-7-13(9)14-6-5-12(16-14)8-15-10(2)11-3-4-11/h5-6,9-11,13,15H,3-4,7-8H2,1-2H3. The maximum absolute atomic E-state index is 5.87. The van der Waals surface area contributed by atoms with E-state index in [1.165, 1.54) is 25.0 Å². The molecule has 1 aromatic rings. The minimum atomic E-state index is 0.647. The Labute approximate surface area is 97.4 Å². The van der Waals surface area contributed by atoms with E-state index in [2.05, 4.69) is 31.3 Å². The first-order chi connectivity index (χ1) is 7.74. The summed E-state index contributed by atoms with van der Waals surface area (Å²) in [5, 5.41) is 3.55. The van der Waals surface area contributed by atoms with E-state index in [9.17, 15) is 0 Å². The third-order valence-electron chi connectivity index (χ3n) is 4.08. The van der Waals surface area contributed by atoms with Crippen LogP contribution < -0.4 is 5.32 Å². The molecule has 0 aliphatic heterocycles. The van der Waals surface area contributed by atoms with Gasteiger partial charge in [-0.05, 0) is 50.2 Å². The van der Waals surface area contributed by atoms with E-state index in [0.717, 1.165) is 24.1 Å². The van der Waals surface area contributed by atoms with Crippen molar-refractivity contribution < 1.29 is 4.42 Å². The molecule has 1 N–H and O–H groups in total. The lowest BCUT2D eigenvalue weighted by Gasteiger charge is -2.10. The Morgan fingerprint density at radius 1 is 1.44 bits per heavy atom. The Bertz CT molecular complexity index is 367. The first-order valence-corrected chi connectivity index (χ1v) is 6.56. The van der Waals surface area contributed by atoms with E-state index < -0.39 is 0 Å². The summed E-state index contributed by atoms with van der Waals surface area (Å²) in [5.74, 6) is 4.75. The molecule has 1 aromatic heterocycles. The number of hydrogen-bond acceptors (Lipinski definition) is 2. The molecule has 0 radical (unpaired) electrons. The zero-order chi connectivity index (χ0) is 11.1. The maximum Gasteiger partial charge on any atom is 0.117 e. The van der Waals surface area contributed by atoms with Gasteiger partial charge in [-0.3, -0.25) is 0 Å². The summed E-state index contributed by atoms with van der Waals surface area (Å²) in [7, 11) is 0. The van der Waals surface area contributed by atoms with E-state index in [0.29, 0.717) is 12.0 Å². The average molecular weight is 219 g/mol. The van der Waals surface area contributed by atoms with Crippen molar-refractivity contribution in [2.24, 2.45) is 11.8 Å². The predicted molar refractivity (Wildman–Crippen MR) is 64.3 cm³/mol. The van der Waals surface area contributed by atoms with Crippen LogP contribution in [0.3, 0.4) is 0 Å². The van der Waals surface area contributed by atoms with E-state index in [-0.39, 0.29) is 0 Å². The van der Waals surface area contributed by atoms with Gasteiger partial charge in [0.25, 0.3) is 0 Å². The minimum absolute atomic E-state index is 0.647. The summed E-state index contributed by atoms with van der Waals surface area (Å²) in [6, 6.07) is 4.94. The number of furan rings is 1. The van der Waals surface area contributed by atoms with Crippen molar-refractivity contribution in [3.05, 3.63) is 23.7 Å². The summed E-state index contributed by atoms with van der Waals surface area (Å²) in [4.78, 5) is 0. The topological polar surface area (TPSA) is 25.2 Å². The largest absolute Gasteiger partial charge is 0.464 e. The number of rotatable bonds is 5. The van der Waals surface area contributed by atoms with Crippen LogP contribution in [-0.4, -0.2) is 6.04 Å². The number of hydrogen-bond donors (Lipinski definition) is 1. The van der Waals surface area contributed by atoms with Crippen molar-refractivity contribution in [1.82, 2.24) is 5.32 Å². The van der Waals surface area contributed by atoms with Crippen LogP contribution >= 0.6 is 0 Å². The van der Waals surface area contributed by atoms with Gasteiger partial charge in [0.05, 0.1) is 6.54 Å². The highest BCUT2D eigenvalue weighted by atomic mass is 16.3. The van der Waals surface area contributed by atoms with Crippen molar-refractivity contribution in [3.63, 3.8) is 0 Å². The van der Waals surface area contributed by atoms with E-state index in [1.807, 2.05) is 0 Å². The van der Waals surface area contributed by atoms with Crippen LogP contribution in [0.5, 0.6) is 0 Å². The van der Waals surface area contributed by atoms with Crippen molar-refractivity contribution in [3.8, 4) is 0 Å². The van der Waals surface area contributed by atoms with Crippen LogP contribution in [0.25, 0.3) is 0 Å². The van der Waals surface area contributed by atoms with Gasteiger partial charge in [0.2, 0.25) is 0 Å². The Kier molecular flexibility index (Phi) is 2.55. The molecule has 2 aliphatic rings. The second-order valence-electron chi connectivity index (χ2n) is 5.63. The van der Waals surface area contributed by atoms with Crippen LogP contribution in [0.1, 0.15) is 50.5 Å². The van der Waals surface area contributed by atoms with Gasteiger partial charge in [0.1, 0.15) is 11.5 Å². The lowest BCUT2D eigenvalue weighted by molar-refractivity contribution is 0.414. The normalized spacial score (nSPS) is 30.4. The summed E-state index contributed by atoms with van der Waals surface area (Å²) < 4.78 is 5.87. The molecule has 2 aliphatic carbocycles. The fourth-order valence-corrected chi connectivity index (χ4v) is 2.43. The fraction of sp³-hybridized carbons (Fsp3) is 0.714. The molecular formula is C14H21NO. The summed E-state index contributed by atoms with van der Waals surface area (Å²) in [5.41, 5.74) is 0. The first kappa shape index (κ1) is 10.4. The van der Waals surface area contributed by atoms with Crippen molar-refractivity contribution in [1.29, 1.82) is 0 Å². The summed E-state index contributed by atoms with van der Waals surface area (Å²) >= 11 is 0. The van der Waals surface area contributed by atoms with Crippen molar-refractivity contribution >= 4 is 0 Å². The maximum atomic E-state index is 5.87. The summed E-state index contributed by atoms with van der Waals surface area (Å²) in [6.07, 6.45) is 4.10. The molecule has 16 heavy (non-hydrogen) atoms. The number of nitrogens with one attached hydrogen (secondary N) is 1. The molecule has 0 saturated heterocycles. The highest BCUT2D eigenvalue weighted by Crippen LogP contribution is 2.47. The Balaban J connectivity index is 1.52. The zero-order valence-electron chi connectivity index (χ0n) is 10.2. The molecule has 0 amide bonds. The van der Waals surface area contributed by atoms with Gasteiger partial charge < -0.3 is 9.73 Å². The molecule has 0 spiro atoms. The molecule has 2 heteroatoms. The van der Waals surface area contributed by atoms with Gasteiger partial charge in [-0.15, -0.1) is 0 Å². The molecule has 0 bridgehead atoms. The van der Waals surface area contributed by atoms with Crippen LogP contribution in [0.2, 0.25) is 0 Å². The van der Waals surface area contributed by atoms with E-state index >= 15 is 0 Å². The van der Waals surface area contributed by atoms with Gasteiger partial charge in [0, 0.05) is 12.0 Å². The van der Waals surface area contributed by atoms with Crippen molar-refractivity contribution in [2.45, 2.75) is 51.6 Å². The molecule has 3 atom stereocenters. The highest BCUT2D eigenvalue weighted by Gasteiger charge is 2.36. The lowest BCUT2D eigenvalue weighted by atomic mass is 10.2. The predicted octanol–water partition coefficient (Wildman–Crippen LogP) is 3.29. The minimum Gasteiger partial charge on any atom is -0.464 e. The SMILES string of the molecule is CC1CC1c1ccc(CNC(C)C2CC2)o1. The van der Waals surface area contributed by atoms with Gasteiger partial charge in [-0.2, -0.15) is 0 Å². The second-order valence-corrected chi connectivity index (χ2v) is 5.63. The summed E-state index contributed by atoms with van der Waals surface area (Å²) in [6.45, 7) is 5.46. The van der Waals surface area contributed by atoms with E-state index in [4.69, 9.17) is 4.42 Å². The molecule has 88 valence electrons. The third kappa shape index (κ3) is 2.17. The lowest BCUT2D eigenvalue weighted by Crippen LogP contribution is -2.26.